The van der Waals surface area contributed by atoms with E-state index in [9.17, 15) is 0 Å². The first-order chi connectivity index (χ1) is 7.79. The summed E-state index contributed by atoms with van der Waals surface area (Å²) in [5.41, 5.74) is 1.53. The molecule has 2 rings (SSSR count). The van der Waals surface area contributed by atoms with Crippen molar-refractivity contribution in [1.29, 1.82) is 5.26 Å². The molecular formula is C13H15ClN2. The predicted octanol–water partition coefficient (Wildman–Crippen LogP) is 3.81. The third-order valence-electron chi connectivity index (χ3n) is 3.15. The van der Waals surface area contributed by atoms with E-state index in [1.807, 2.05) is 6.07 Å². The third-order valence-corrected chi connectivity index (χ3v) is 3.48. The monoisotopic (exact) mass is 234 g/mol. The van der Waals surface area contributed by atoms with Gasteiger partial charge in [0.25, 0.3) is 0 Å². The fourth-order valence-electron chi connectivity index (χ4n) is 2.20. The highest BCUT2D eigenvalue weighted by Gasteiger charge is 2.14. The van der Waals surface area contributed by atoms with Crippen LogP contribution in [0.4, 0.5) is 5.69 Å². The van der Waals surface area contributed by atoms with Gasteiger partial charge in [-0.2, -0.15) is 5.26 Å². The molecule has 1 fully saturated rings. The molecule has 0 heterocycles. The van der Waals surface area contributed by atoms with Gasteiger partial charge < -0.3 is 5.32 Å². The van der Waals surface area contributed by atoms with Crippen LogP contribution in [0.3, 0.4) is 0 Å². The molecule has 2 nitrogen and oxygen atoms in total. The second-order valence-electron chi connectivity index (χ2n) is 4.34. The summed E-state index contributed by atoms with van der Waals surface area (Å²) in [6.45, 7) is 0.967. The topological polar surface area (TPSA) is 35.8 Å². The lowest BCUT2D eigenvalue weighted by molar-refractivity contribution is 0.580. The lowest BCUT2D eigenvalue weighted by atomic mass is 10.1. The van der Waals surface area contributed by atoms with Gasteiger partial charge in [-0.15, -0.1) is 0 Å². The summed E-state index contributed by atoms with van der Waals surface area (Å²) in [6, 6.07) is 7.45. The van der Waals surface area contributed by atoms with Crippen LogP contribution >= 0.6 is 11.6 Å². The van der Waals surface area contributed by atoms with E-state index >= 15 is 0 Å². The average Bonchev–Trinajstić information content (AvgIpc) is 2.81. The maximum absolute atomic E-state index is 8.81. The van der Waals surface area contributed by atoms with Crippen LogP contribution < -0.4 is 5.32 Å². The molecule has 1 aromatic rings. The molecule has 0 aromatic heterocycles. The quantitative estimate of drug-likeness (QED) is 0.863. The lowest BCUT2D eigenvalue weighted by Gasteiger charge is -2.13. The van der Waals surface area contributed by atoms with Gasteiger partial charge in [0.1, 0.15) is 0 Å². The summed E-state index contributed by atoms with van der Waals surface area (Å²) < 4.78 is 0. The second kappa shape index (κ2) is 5.23. The molecule has 0 radical (unpaired) electrons. The van der Waals surface area contributed by atoms with Crippen molar-refractivity contribution in [2.24, 2.45) is 5.92 Å². The molecule has 0 atom stereocenters. The summed E-state index contributed by atoms with van der Waals surface area (Å²) >= 11 is 6.07. The first kappa shape index (κ1) is 11.3. The molecule has 84 valence electrons. The van der Waals surface area contributed by atoms with Gasteiger partial charge in [-0.3, -0.25) is 0 Å². The number of hydrogen-bond acceptors (Lipinski definition) is 2. The van der Waals surface area contributed by atoms with Crippen LogP contribution in [0.2, 0.25) is 5.02 Å². The zero-order valence-corrected chi connectivity index (χ0v) is 9.93. The highest BCUT2D eigenvalue weighted by atomic mass is 35.5. The minimum atomic E-state index is 0.651. The minimum Gasteiger partial charge on any atom is -0.384 e. The first-order valence-corrected chi connectivity index (χ1v) is 6.11. The number of rotatable bonds is 3. The molecule has 0 unspecified atom stereocenters. The zero-order valence-electron chi connectivity index (χ0n) is 9.17. The number of nitrogens with one attached hydrogen (secondary N) is 1. The van der Waals surface area contributed by atoms with Crippen LogP contribution in [0.15, 0.2) is 18.2 Å². The predicted molar refractivity (Wildman–Crippen MR) is 66.6 cm³/mol. The van der Waals surface area contributed by atoms with Crippen molar-refractivity contribution in [2.75, 3.05) is 11.9 Å². The minimum absolute atomic E-state index is 0.651. The van der Waals surface area contributed by atoms with Crippen molar-refractivity contribution >= 4 is 17.3 Å². The highest BCUT2D eigenvalue weighted by Crippen LogP contribution is 2.27. The van der Waals surface area contributed by atoms with Crippen LogP contribution in [0, 0.1) is 17.2 Å². The van der Waals surface area contributed by atoms with E-state index in [1.165, 1.54) is 25.7 Å². The second-order valence-corrected chi connectivity index (χ2v) is 4.75. The van der Waals surface area contributed by atoms with E-state index in [4.69, 9.17) is 16.9 Å². The van der Waals surface area contributed by atoms with E-state index < -0.39 is 0 Å². The zero-order chi connectivity index (χ0) is 11.4. The van der Waals surface area contributed by atoms with Crippen molar-refractivity contribution in [3.63, 3.8) is 0 Å². The standard InChI is InChI=1S/C13H15ClN2/c14-12-6-5-11(8-15)7-13(12)16-9-10-3-1-2-4-10/h5-7,10,16H,1-4,9H2. The fraction of sp³-hybridized carbons (Fsp3) is 0.462. The fourth-order valence-corrected chi connectivity index (χ4v) is 2.38. The molecule has 0 saturated heterocycles. The van der Waals surface area contributed by atoms with E-state index in [2.05, 4.69) is 11.4 Å². The number of hydrogen-bond donors (Lipinski definition) is 1. The van der Waals surface area contributed by atoms with Gasteiger partial charge in [0.2, 0.25) is 0 Å². The Bertz CT molecular complexity index is 403. The van der Waals surface area contributed by atoms with Gasteiger partial charge in [-0.05, 0) is 37.0 Å². The summed E-state index contributed by atoms with van der Waals surface area (Å²) in [5, 5.41) is 12.9. The maximum Gasteiger partial charge on any atom is 0.0992 e. The van der Waals surface area contributed by atoms with Gasteiger partial charge in [0, 0.05) is 6.54 Å². The molecule has 1 N–H and O–H groups in total. The normalized spacial score (nSPS) is 16.0. The Labute approximate surface area is 101 Å². The number of nitriles is 1. The van der Waals surface area contributed by atoms with E-state index in [0.29, 0.717) is 10.6 Å². The van der Waals surface area contributed by atoms with Crippen molar-refractivity contribution < 1.29 is 0 Å². The Balaban J connectivity index is 2.00. The molecule has 1 saturated carbocycles. The molecule has 0 spiro atoms. The van der Waals surface area contributed by atoms with Crippen molar-refractivity contribution in [3.8, 4) is 6.07 Å². The molecule has 0 aliphatic heterocycles. The highest BCUT2D eigenvalue weighted by molar-refractivity contribution is 6.33. The number of nitrogens with zero attached hydrogens (tertiary/aromatic N) is 1. The SMILES string of the molecule is N#Cc1ccc(Cl)c(NCC2CCCC2)c1. The molecule has 16 heavy (non-hydrogen) atoms. The van der Waals surface area contributed by atoms with Gasteiger partial charge >= 0.3 is 0 Å². The van der Waals surface area contributed by atoms with Crippen LogP contribution in [-0.4, -0.2) is 6.54 Å². The van der Waals surface area contributed by atoms with Gasteiger partial charge in [-0.25, -0.2) is 0 Å². The summed E-state index contributed by atoms with van der Waals surface area (Å²) in [7, 11) is 0. The van der Waals surface area contributed by atoms with Crippen molar-refractivity contribution in [3.05, 3.63) is 28.8 Å². The maximum atomic E-state index is 8.81. The number of halogens is 1. The number of benzene rings is 1. The summed E-state index contributed by atoms with van der Waals surface area (Å²) in [5.74, 6) is 0.766. The number of anilines is 1. The molecule has 1 aliphatic rings. The van der Waals surface area contributed by atoms with Crippen LogP contribution in [-0.2, 0) is 0 Å². The Morgan fingerprint density at radius 1 is 1.38 bits per heavy atom. The van der Waals surface area contributed by atoms with Gasteiger partial charge in [0.15, 0.2) is 0 Å². The molecule has 0 amide bonds. The lowest BCUT2D eigenvalue weighted by Crippen LogP contribution is -2.11. The molecule has 0 bridgehead atoms. The third kappa shape index (κ3) is 2.68. The first-order valence-electron chi connectivity index (χ1n) is 5.73. The molecular weight excluding hydrogens is 220 g/mol. The molecule has 3 heteroatoms. The Morgan fingerprint density at radius 2 is 2.12 bits per heavy atom. The molecule has 1 aliphatic carbocycles. The summed E-state index contributed by atoms with van der Waals surface area (Å²) in [4.78, 5) is 0. The Morgan fingerprint density at radius 3 is 2.81 bits per heavy atom. The van der Waals surface area contributed by atoms with E-state index in [0.717, 1.165) is 18.2 Å². The van der Waals surface area contributed by atoms with Gasteiger partial charge in [0.05, 0.1) is 22.3 Å². The van der Waals surface area contributed by atoms with Crippen molar-refractivity contribution in [1.82, 2.24) is 0 Å². The smallest absolute Gasteiger partial charge is 0.0992 e. The Kier molecular flexibility index (Phi) is 3.69. The van der Waals surface area contributed by atoms with Gasteiger partial charge in [-0.1, -0.05) is 24.4 Å². The van der Waals surface area contributed by atoms with Crippen molar-refractivity contribution in [2.45, 2.75) is 25.7 Å². The summed E-state index contributed by atoms with van der Waals surface area (Å²) in [6.07, 6.45) is 5.31. The average molecular weight is 235 g/mol. The molecule has 1 aromatic carbocycles. The van der Waals surface area contributed by atoms with Crippen LogP contribution in [0.25, 0.3) is 0 Å². The Hall–Kier alpha value is -1.20. The van der Waals surface area contributed by atoms with E-state index in [1.54, 1.807) is 12.1 Å². The van der Waals surface area contributed by atoms with Crippen LogP contribution in [0.5, 0.6) is 0 Å². The van der Waals surface area contributed by atoms with Crippen LogP contribution in [0.1, 0.15) is 31.2 Å². The largest absolute Gasteiger partial charge is 0.384 e. The van der Waals surface area contributed by atoms with E-state index in [-0.39, 0.29) is 0 Å².